The Balaban J connectivity index is 2.20. The number of ether oxygens (including phenoxy) is 1. The lowest BCUT2D eigenvalue weighted by Crippen LogP contribution is -2.12. The van der Waals surface area contributed by atoms with E-state index >= 15 is 0 Å². The van der Waals surface area contributed by atoms with Crippen molar-refractivity contribution in [1.29, 1.82) is 0 Å². The maximum atomic E-state index is 8.57. The van der Waals surface area contributed by atoms with Gasteiger partial charge in [0.05, 0.1) is 5.02 Å². The number of hydrogen-bond acceptors (Lipinski definition) is 3. The van der Waals surface area contributed by atoms with Crippen LogP contribution in [0.15, 0.2) is 47.6 Å². The molecule has 0 saturated heterocycles. The highest BCUT2D eigenvalue weighted by atomic mass is 35.5. The highest BCUT2D eigenvalue weighted by Gasteiger charge is 2.04. The van der Waals surface area contributed by atoms with Crippen LogP contribution in [-0.4, -0.2) is 11.0 Å². The average molecular weight is 277 g/mol. The summed E-state index contributed by atoms with van der Waals surface area (Å²) in [4.78, 5) is 0. The molecule has 0 unspecified atom stereocenters. The molecule has 0 aromatic heterocycles. The molecule has 0 atom stereocenters. The van der Waals surface area contributed by atoms with E-state index in [1.807, 2.05) is 25.1 Å². The third-order valence-corrected chi connectivity index (χ3v) is 2.87. The van der Waals surface area contributed by atoms with Crippen molar-refractivity contribution in [1.82, 2.24) is 0 Å². The number of amidine groups is 1. The molecule has 0 aliphatic heterocycles. The molecule has 4 nitrogen and oxygen atoms in total. The second-order valence-electron chi connectivity index (χ2n) is 4.05. The molecule has 0 saturated carbocycles. The first-order valence-electron chi connectivity index (χ1n) is 5.62. The fraction of sp³-hybridized carbons (Fsp3) is 0.0714. The first-order chi connectivity index (χ1) is 9.10. The lowest BCUT2D eigenvalue weighted by atomic mass is 10.2. The van der Waals surface area contributed by atoms with E-state index in [0.717, 1.165) is 5.56 Å². The van der Waals surface area contributed by atoms with E-state index in [1.165, 1.54) is 0 Å². The number of benzene rings is 2. The van der Waals surface area contributed by atoms with E-state index in [0.29, 0.717) is 22.1 Å². The number of aryl methyl sites for hydroxylation is 1. The van der Waals surface area contributed by atoms with Gasteiger partial charge in [-0.25, -0.2) is 0 Å². The van der Waals surface area contributed by atoms with E-state index in [4.69, 9.17) is 27.3 Å². The van der Waals surface area contributed by atoms with E-state index in [2.05, 4.69) is 5.16 Å². The van der Waals surface area contributed by atoms with Crippen LogP contribution < -0.4 is 10.5 Å². The van der Waals surface area contributed by atoms with Gasteiger partial charge in [0.1, 0.15) is 11.5 Å². The van der Waals surface area contributed by atoms with Gasteiger partial charge in [-0.2, -0.15) is 0 Å². The van der Waals surface area contributed by atoms with Gasteiger partial charge in [-0.1, -0.05) is 22.8 Å². The van der Waals surface area contributed by atoms with Crippen LogP contribution in [0.25, 0.3) is 0 Å². The Morgan fingerprint density at radius 2 is 1.89 bits per heavy atom. The minimum atomic E-state index is 0.0555. The molecule has 0 aliphatic carbocycles. The maximum Gasteiger partial charge on any atom is 0.170 e. The fourth-order valence-corrected chi connectivity index (χ4v) is 1.84. The molecule has 0 amide bonds. The summed E-state index contributed by atoms with van der Waals surface area (Å²) in [5, 5.41) is 12.1. The zero-order valence-corrected chi connectivity index (χ0v) is 11.1. The summed E-state index contributed by atoms with van der Waals surface area (Å²) >= 11 is 6.09. The van der Waals surface area contributed by atoms with Crippen LogP contribution in [0.1, 0.15) is 11.1 Å². The number of rotatable bonds is 3. The quantitative estimate of drug-likeness (QED) is 0.390. The summed E-state index contributed by atoms with van der Waals surface area (Å²) in [6.07, 6.45) is 0. The Labute approximate surface area is 116 Å². The van der Waals surface area contributed by atoms with Crippen molar-refractivity contribution in [2.24, 2.45) is 10.9 Å². The molecule has 0 heterocycles. The first kappa shape index (κ1) is 13.2. The fourth-order valence-electron chi connectivity index (χ4n) is 1.57. The number of nitrogens with zero attached hydrogens (tertiary/aromatic N) is 1. The van der Waals surface area contributed by atoms with E-state index in [-0.39, 0.29) is 5.84 Å². The molecule has 0 aliphatic rings. The Morgan fingerprint density at radius 1 is 1.21 bits per heavy atom. The van der Waals surface area contributed by atoms with Gasteiger partial charge in [-0.3, -0.25) is 0 Å². The zero-order valence-electron chi connectivity index (χ0n) is 10.3. The minimum absolute atomic E-state index is 0.0555. The Morgan fingerprint density at radius 3 is 2.47 bits per heavy atom. The van der Waals surface area contributed by atoms with Crippen LogP contribution >= 0.6 is 11.6 Å². The lowest BCUT2D eigenvalue weighted by Gasteiger charge is -2.08. The molecule has 2 aromatic rings. The van der Waals surface area contributed by atoms with Crippen molar-refractivity contribution >= 4 is 17.4 Å². The molecule has 0 fully saturated rings. The number of nitrogens with two attached hydrogens (primary N) is 1. The first-order valence-corrected chi connectivity index (χ1v) is 6.00. The summed E-state index contributed by atoms with van der Waals surface area (Å²) in [6.45, 7) is 1.96. The lowest BCUT2D eigenvalue weighted by molar-refractivity contribution is 0.318. The SMILES string of the molecule is Cc1ccc(Oc2ccc(C(N)=NO)cc2)c(Cl)c1. The summed E-state index contributed by atoms with van der Waals surface area (Å²) in [5.41, 5.74) is 7.16. The second kappa shape index (κ2) is 5.63. The van der Waals surface area contributed by atoms with Crippen LogP contribution in [0, 0.1) is 6.92 Å². The smallest absolute Gasteiger partial charge is 0.170 e. The predicted molar refractivity (Wildman–Crippen MR) is 75.2 cm³/mol. The zero-order chi connectivity index (χ0) is 13.8. The molecule has 98 valence electrons. The predicted octanol–water partition coefficient (Wildman–Crippen LogP) is 3.54. The topological polar surface area (TPSA) is 67.8 Å². The largest absolute Gasteiger partial charge is 0.456 e. The number of hydrogen-bond donors (Lipinski definition) is 2. The van der Waals surface area contributed by atoms with Gasteiger partial charge in [0.25, 0.3) is 0 Å². The molecule has 0 radical (unpaired) electrons. The van der Waals surface area contributed by atoms with E-state index in [9.17, 15) is 0 Å². The third-order valence-electron chi connectivity index (χ3n) is 2.57. The normalized spacial score (nSPS) is 11.4. The molecule has 19 heavy (non-hydrogen) atoms. The molecular weight excluding hydrogens is 264 g/mol. The van der Waals surface area contributed by atoms with Gasteiger partial charge in [-0.15, -0.1) is 0 Å². The molecular formula is C14H13ClN2O2. The van der Waals surface area contributed by atoms with Crippen LogP contribution in [0.4, 0.5) is 0 Å². The van der Waals surface area contributed by atoms with Crippen molar-refractivity contribution in [3.63, 3.8) is 0 Å². The van der Waals surface area contributed by atoms with Gasteiger partial charge < -0.3 is 15.7 Å². The van der Waals surface area contributed by atoms with Crippen LogP contribution in [0.5, 0.6) is 11.5 Å². The Bertz CT molecular complexity index is 609. The molecule has 2 aromatic carbocycles. The van der Waals surface area contributed by atoms with Gasteiger partial charge >= 0.3 is 0 Å². The molecule has 5 heteroatoms. The van der Waals surface area contributed by atoms with Crippen LogP contribution in [-0.2, 0) is 0 Å². The Hall–Kier alpha value is -2.20. The van der Waals surface area contributed by atoms with Gasteiger partial charge in [0.2, 0.25) is 0 Å². The van der Waals surface area contributed by atoms with Crippen LogP contribution in [0.3, 0.4) is 0 Å². The highest BCUT2D eigenvalue weighted by Crippen LogP contribution is 2.30. The molecule has 0 spiro atoms. The molecule has 3 N–H and O–H groups in total. The average Bonchev–Trinajstić information content (AvgIpc) is 2.42. The summed E-state index contributed by atoms with van der Waals surface area (Å²) in [5.74, 6) is 1.27. The van der Waals surface area contributed by atoms with Crippen molar-refractivity contribution in [3.05, 3.63) is 58.6 Å². The number of halogens is 1. The standard InChI is InChI=1S/C14H13ClN2O2/c1-9-2-7-13(12(15)8-9)19-11-5-3-10(4-6-11)14(16)17-18/h2-8,18H,1H3,(H2,16,17). The highest BCUT2D eigenvalue weighted by molar-refractivity contribution is 6.32. The second-order valence-corrected chi connectivity index (χ2v) is 4.45. The van der Waals surface area contributed by atoms with Crippen molar-refractivity contribution in [2.45, 2.75) is 6.92 Å². The van der Waals surface area contributed by atoms with Crippen LogP contribution in [0.2, 0.25) is 5.02 Å². The minimum Gasteiger partial charge on any atom is -0.456 e. The molecule has 2 rings (SSSR count). The third kappa shape index (κ3) is 3.17. The Kier molecular flexibility index (Phi) is 3.92. The maximum absolute atomic E-state index is 8.57. The van der Waals surface area contributed by atoms with E-state index in [1.54, 1.807) is 24.3 Å². The van der Waals surface area contributed by atoms with E-state index < -0.39 is 0 Å². The van der Waals surface area contributed by atoms with Crippen molar-refractivity contribution < 1.29 is 9.94 Å². The van der Waals surface area contributed by atoms with Gasteiger partial charge in [0.15, 0.2) is 5.84 Å². The van der Waals surface area contributed by atoms with Gasteiger partial charge in [-0.05, 0) is 48.9 Å². The van der Waals surface area contributed by atoms with Crippen molar-refractivity contribution in [3.8, 4) is 11.5 Å². The van der Waals surface area contributed by atoms with Gasteiger partial charge in [0, 0.05) is 5.56 Å². The van der Waals surface area contributed by atoms with Crippen molar-refractivity contribution in [2.75, 3.05) is 0 Å². The summed E-state index contributed by atoms with van der Waals surface area (Å²) in [7, 11) is 0. The monoisotopic (exact) mass is 276 g/mol. The molecule has 0 bridgehead atoms. The summed E-state index contributed by atoms with van der Waals surface area (Å²) < 4.78 is 5.66. The summed E-state index contributed by atoms with van der Waals surface area (Å²) in [6, 6.07) is 12.4. The number of oxime groups is 1.